The summed E-state index contributed by atoms with van der Waals surface area (Å²) in [5.41, 5.74) is 13.2. The molecular formula is C12H17N3O3. The summed E-state index contributed by atoms with van der Waals surface area (Å²) in [5, 5.41) is 11.6. The Morgan fingerprint density at radius 2 is 1.94 bits per heavy atom. The van der Waals surface area contributed by atoms with Gasteiger partial charge in [0, 0.05) is 11.3 Å². The van der Waals surface area contributed by atoms with E-state index in [1.165, 1.54) is 0 Å². The predicted octanol–water partition coefficient (Wildman–Crippen LogP) is -0.538. The van der Waals surface area contributed by atoms with Gasteiger partial charge < -0.3 is 21.9 Å². The number of hydrogen-bond acceptors (Lipinski definition) is 4. The summed E-state index contributed by atoms with van der Waals surface area (Å²) in [5.74, 6) is -1.28. The molecule has 0 fully saturated rings. The fraction of sp³-hybridized carbons (Fsp3) is 0.333. The van der Waals surface area contributed by atoms with Crippen molar-refractivity contribution >= 4 is 17.5 Å². The third kappa shape index (κ3) is 3.21. The second-order valence-corrected chi connectivity index (χ2v) is 4.15. The number of carbonyl (C=O) groups excluding carboxylic acids is 2. The number of amides is 2. The summed E-state index contributed by atoms with van der Waals surface area (Å²) >= 11 is 0. The molecule has 0 bridgehead atoms. The molecule has 18 heavy (non-hydrogen) atoms. The lowest BCUT2D eigenvalue weighted by atomic mass is 10.0. The summed E-state index contributed by atoms with van der Waals surface area (Å²) in [6, 6.07) is 3.37. The minimum atomic E-state index is -1.39. The SMILES string of the molecule is Cc1cc(C)c(C(=O)NCC(O)C(N)=O)cc1N. The Bertz CT molecular complexity index is 486. The Morgan fingerprint density at radius 3 is 2.50 bits per heavy atom. The van der Waals surface area contributed by atoms with Crippen LogP contribution in [0.5, 0.6) is 0 Å². The van der Waals surface area contributed by atoms with E-state index < -0.39 is 17.9 Å². The van der Waals surface area contributed by atoms with E-state index in [0.29, 0.717) is 11.3 Å². The van der Waals surface area contributed by atoms with Crippen LogP contribution >= 0.6 is 0 Å². The lowest BCUT2D eigenvalue weighted by Crippen LogP contribution is -2.40. The fourth-order valence-electron chi connectivity index (χ4n) is 1.50. The minimum absolute atomic E-state index is 0.221. The van der Waals surface area contributed by atoms with Crippen molar-refractivity contribution in [1.29, 1.82) is 0 Å². The highest BCUT2D eigenvalue weighted by molar-refractivity contribution is 5.97. The molecule has 1 rings (SSSR count). The molecule has 0 aliphatic rings. The highest BCUT2D eigenvalue weighted by atomic mass is 16.3. The number of benzene rings is 1. The van der Waals surface area contributed by atoms with Gasteiger partial charge in [0.25, 0.3) is 5.91 Å². The molecule has 0 spiro atoms. The van der Waals surface area contributed by atoms with Crippen molar-refractivity contribution < 1.29 is 14.7 Å². The molecule has 6 nitrogen and oxygen atoms in total. The molecule has 0 aliphatic heterocycles. The van der Waals surface area contributed by atoms with Gasteiger partial charge in [0.15, 0.2) is 0 Å². The summed E-state index contributed by atoms with van der Waals surface area (Å²) in [4.78, 5) is 22.4. The van der Waals surface area contributed by atoms with Crippen molar-refractivity contribution in [3.8, 4) is 0 Å². The molecule has 0 aromatic heterocycles. The van der Waals surface area contributed by atoms with E-state index in [1.54, 1.807) is 19.1 Å². The molecular weight excluding hydrogens is 234 g/mol. The van der Waals surface area contributed by atoms with Crippen molar-refractivity contribution in [3.63, 3.8) is 0 Å². The molecule has 0 heterocycles. The molecule has 1 aromatic carbocycles. The molecule has 0 saturated carbocycles. The summed E-state index contributed by atoms with van der Waals surface area (Å²) in [7, 11) is 0. The maximum Gasteiger partial charge on any atom is 0.251 e. The zero-order chi connectivity index (χ0) is 13.9. The number of aryl methyl sites for hydroxylation is 2. The van der Waals surface area contributed by atoms with Crippen molar-refractivity contribution in [2.24, 2.45) is 5.73 Å². The maximum absolute atomic E-state index is 11.8. The van der Waals surface area contributed by atoms with Crippen LogP contribution in [0.25, 0.3) is 0 Å². The summed E-state index contributed by atoms with van der Waals surface area (Å²) in [6.07, 6.45) is -1.39. The first-order chi connectivity index (χ1) is 8.32. The van der Waals surface area contributed by atoms with E-state index in [9.17, 15) is 14.7 Å². The zero-order valence-corrected chi connectivity index (χ0v) is 10.4. The Morgan fingerprint density at radius 1 is 1.33 bits per heavy atom. The number of nitrogen functional groups attached to an aromatic ring is 1. The molecule has 98 valence electrons. The number of primary amides is 1. The van der Waals surface area contributed by atoms with Gasteiger partial charge in [-0.25, -0.2) is 0 Å². The van der Waals surface area contributed by atoms with E-state index in [1.807, 2.05) is 6.92 Å². The summed E-state index contributed by atoms with van der Waals surface area (Å²) < 4.78 is 0. The van der Waals surface area contributed by atoms with Gasteiger partial charge in [-0.1, -0.05) is 6.07 Å². The van der Waals surface area contributed by atoms with Crippen LogP contribution in [-0.4, -0.2) is 29.6 Å². The quantitative estimate of drug-likeness (QED) is 0.537. The number of aliphatic hydroxyl groups excluding tert-OH is 1. The molecule has 0 aliphatic carbocycles. The first-order valence-corrected chi connectivity index (χ1v) is 5.45. The lowest BCUT2D eigenvalue weighted by molar-refractivity contribution is -0.125. The topological polar surface area (TPSA) is 118 Å². The van der Waals surface area contributed by atoms with Crippen molar-refractivity contribution in [2.75, 3.05) is 12.3 Å². The van der Waals surface area contributed by atoms with Crippen LogP contribution in [0.2, 0.25) is 0 Å². The van der Waals surface area contributed by atoms with Crippen molar-refractivity contribution in [1.82, 2.24) is 5.32 Å². The molecule has 1 unspecified atom stereocenters. The first kappa shape index (κ1) is 14.0. The molecule has 0 saturated heterocycles. The van der Waals surface area contributed by atoms with Gasteiger partial charge in [0.1, 0.15) is 6.10 Å². The standard InChI is InChI=1S/C12H17N3O3/c1-6-3-7(2)9(13)4-8(6)12(18)15-5-10(16)11(14)17/h3-4,10,16H,5,13H2,1-2H3,(H2,14,17)(H,15,18). The number of carbonyl (C=O) groups is 2. The third-order valence-corrected chi connectivity index (χ3v) is 2.64. The Hall–Kier alpha value is -2.08. The van der Waals surface area contributed by atoms with Gasteiger partial charge in [-0.15, -0.1) is 0 Å². The molecule has 6 heteroatoms. The van der Waals surface area contributed by atoms with Crippen LogP contribution < -0.4 is 16.8 Å². The van der Waals surface area contributed by atoms with E-state index in [0.717, 1.165) is 11.1 Å². The molecule has 0 radical (unpaired) electrons. The number of nitrogens with one attached hydrogen (secondary N) is 1. The van der Waals surface area contributed by atoms with Crippen molar-refractivity contribution in [3.05, 3.63) is 28.8 Å². The van der Waals surface area contributed by atoms with Gasteiger partial charge in [-0.3, -0.25) is 9.59 Å². The van der Waals surface area contributed by atoms with Crippen LogP contribution in [0.4, 0.5) is 5.69 Å². The molecule has 1 aromatic rings. The first-order valence-electron chi connectivity index (χ1n) is 5.45. The average molecular weight is 251 g/mol. The van der Waals surface area contributed by atoms with Crippen LogP contribution in [0.15, 0.2) is 12.1 Å². The van der Waals surface area contributed by atoms with Gasteiger partial charge in [-0.05, 0) is 31.0 Å². The Labute approximate surface area is 105 Å². The van der Waals surface area contributed by atoms with E-state index in [4.69, 9.17) is 11.5 Å². The fourth-order valence-corrected chi connectivity index (χ4v) is 1.50. The van der Waals surface area contributed by atoms with E-state index in [2.05, 4.69) is 5.32 Å². The summed E-state index contributed by atoms with van der Waals surface area (Å²) in [6.45, 7) is 3.41. The number of rotatable bonds is 4. The number of aliphatic hydroxyl groups is 1. The monoisotopic (exact) mass is 251 g/mol. The number of nitrogens with two attached hydrogens (primary N) is 2. The number of anilines is 1. The molecule has 6 N–H and O–H groups in total. The van der Waals surface area contributed by atoms with Crippen LogP contribution in [0.3, 0.4) is 0 Å². The Kier molecular flexibility index (Phi) is 4.28. The van der Waals surface area contributed by atoms with Crippen molar-refractivity contribution in [2.45, 2.75) is 20.0 Å². The highest BCUT2D eigenvalue weighted by Crippen LogP contribution is 2.17. The third-order valence-electron chi connectivity index (χ3n) is 2.64. The van der Waals surface area contributed by atoms with Gasteiger partial charge in [0.05, 0.1) is 6.54 Å². The Balaban J connectivity index is 2.79. The maximum atomic E-state index is 11.8. The van der Waals surface area contributed by atoms with E-state index >= 15 is 0 Å². The predicted molar refractivity (Wildman–Crippen MR) is 67.9 cm³/mol. The van der Waals surface area contributed by atoms with Crippen LogP contribution in [0.1, 0.15) is 21.5 Å². The van der Waals surface area contributed by atoms with Gasteiger partial charge >= 0.3 is 0 Å². The van der Waals surface area contributed by atoms with Crippen LogP contribution in [0, 0.1) is 13.8 Å². The van der Waals surface area contributed by atoms with Crippen LogP contribution in [-0.2, 0) is 4.79 Å². The second-order valence-electron chi connectivity index (χ2n) is 4.15. The number of hydrogen-bond donors (Lipinski definition) is 4. The second kappa shape index (κ2) is 5.50. The lowest BCUT2D eigenvalue weighted by Gasteiger charge is -2.11. The average Bonchev–Trinajstić information content (AvgIpc) is 2.30. The van der Waals surface area contributed by atoms with E-state index in [-0.39, 0.29) is 6.54 Å². The minimum Gasteiger partial charge on any atom is -0.398 e. The molecule has 1 atom stereocenters. The highest BCUT2D eigenvalue weighted by Gasteiger charge is 2.15. The van der Waals surface area contributed by atoms with Gasteiger partial charge in [-0.2, -0.15) is 0 Å². The smallest absolute Gasteiger partial charge is 0.251 e. The zero-order valence-electron chi connectivity index (χ0n) is 10.4. The molecule has 2 amide bonds. The van der Waals surface area contributed by atoms with Gasteiger partial charge in [0.2, 0.25) is 5.91 Å². The largest absolute Gasteiger partial charge is 0.398 e. The normalized spacial score (nSPS) is 11.9.